The summed E-state index contributed by atoms with van der Waals surface area (Å²) in [5.74, 6) is 0.493. The highest BCUT2D eigenvalue weighted by molar-refractivity contribution is 5.97. The Labute approximate surface area is 174 Å². The van der Waals surface area contributed by atoms with E-state index in [0.717, 1.165) is 48.8 Å². The van der Waals surface area contributed by atoms with E-state index in [1.807, 2.05) is 30.0 Å². The lowest BCUT2D eigenvalue weighted by Gasteiger charge is -2.33. The van der Waals surface area contributed by atoms with Crippen LogP contribution in [0.2, 0.25) is 0 Å². The van der Waals surface area contributed by atoms with Crippen molar-refractivity contribution in [3.05, 3.63) is 59.8 Å². The zero-order chi connectivity index (χ0) is 20.7. The lowest BCUT2D eigenvalue weighted by Crippen LogP contribution is -2.40. The number of hydrogen-bond donors (Lipinski definition) is 2. The van der Waals surface area contributed by atoms with Crippen molar-refractivity contribution in [1.82, 2.24) is 25.2 Å². The van der Waals surface area contributed by atoms with Gasteiger partial charge in [0, 0.05) is 55.3 Å². The molecule has 1 spiro atoms. The molecule has 2 fully saturated rings. The van der Waals surface area contributed by atoms with Crippen LogP contribution in [-0.2, 0) is 0 Å². The molecule has 154 valence electrons. The average molecular weight is 403 g/mol. The van der Waals surface area contributed by atoms with Crippen LogP contribution in [0.5, 0.6) is 0 Å². The Bertz CT molecular complexity index is 1080. The normalized spacial score (nSPS) is 19.8. The summed E-state index contributed by atoms with van der Waals surface area (Å²) in [6.07, 6.45) is 9.96. The minimum absolute atomic E-state index is 0.0760. The lowest BCUT2D eigenvalue weighted by molar-refractivity contribution is 0.0667. The number of pyridine rings is 2. The molecule has 1 unspecified atom stereocenters. The van der Waals surface area contributed by atoms with Crippen LogP contribution in [0.3, 0.4) is 0 Å². The van der Waals surface area contributed by atoms with Gasteiger partial charge in [-0.1, -0.05) is 0 Å². The first-order valence-electron chi connectivity index (χ1n) is 10.5. The van der Waals surface area contributed by atoms with Crippen molar-refractivity contribution >= 4 is 22.7 Å². The van der Waals surface area contributed by atoms with Crippen LogP contribution >= 0.6 is 0 Å². The predicted octanol–water partition coefficient (Wildman–Crippen LogP) is 2.94. The number of aromatic amines is 1. The minimum atomic E-state index is -0.0760. The molecule has 7 nitrogen and oxygen atoms in total. The van der Waals surface area contributed by atoms with Gasteiger partial charge in [0.2, 0.25) is 0 Å². The summed E-state index contributed by atoms with van der Waals surface area (Å²) in [5, 5.41) is 4.02. The molecule has 1 aliphatic heterocycles. The van der Waals surface area contributed by atoms with E-state index in [9.17, 15) is 9.59 Å². The molecule has 5 rings (SSSR count). The van der Waals surface area contributed by atoms with Crippen LogP contribution in [0.1, 0.15) is 45.7 Å². The van der Waals surface area contributed by atoms with Gasteiger partial charge >= 0.3 is 0 Å². The molecule has 2 aliphatic rings. The number of aromatic nitrogens is 3. The Balaban J connectivity index is 1.14. The molecule has 7 heteroatoms. The summed E-state index contributed by atoms with van der Waals surface area (Å²) in [6.45, 7) is 4.17. The van der Waals surface area contributed by atoms with E-state index in [-0.39, 0.29) is 17.2 Å². The average Bonchev–Trinajstić information content (AvgIpc) is 3.24. The quantitative estimate of drug-likeness (QED) is 0.701. The fourth-order valence-electron chi connectivity index (χ4n) is 4.75. The van der Waals surface area contributed by atoms with E-state index in [2.05, 4.69) is 20.3 Å². The highest BCUT2D eigenvalue weighted by Gasteiger charge is 2.54. The van der Waals surface area contributed by atoms with Gasteiger partial charge in [-0.2, -0.15) is 0 Å². The zero-order valence-electron chi connectivity index (χ0n) is 17.0. The van der Waals surface area contributed by atoms with E-state index in [1.54, 1.807) is 24.8 Å². The maximum atomic E-state index is 12.8. The molecule has 1 saturated carbocycles. The number of nitrogens with zero attached hydrogens (tertiary/aromatic N) is 3. The van der Waals surface area contributed by atoms with Gasteiger partial charge in [0.25, 0.3) is 11.8 Å². The van der Waals surface area contributed by atoms with Gasteiger partial charge in [0.05, 0.1) is 5.56 Å². The second-order valence-corrected chi connectivity index (χ2v) is 8.60. The summed E-state index contributed by atoms with van der Waals surface area (Å²) >= 11 is 0. The van der Waals surface area contributed by atoms with E-state index < -0.39 is 0 Å². The zero-order valence-corrected chi connectivity index (χ0v) is 17.0. The SMILES string of the molecule is Cc1ccncc1C(=O)N1CCC2(CC1)CC2CNC(=O)c1cc2cnccc2[nH]1. The number of hydrogen-bond acceptors (Lipinski definition) is 4. The highest BCUT2D eigenvalue weighted by atomic mass is 16.2. The van der Waals surface area contributed by atoms with Crippen molar-refractivity contribution in [1.29, 1.82) is 0 Å². The summed E-state index contributed by atoms with van der Waals surface area (Å²) in [4.78, 5) is 38.6. The Hall–Kier alpha value is -3.22. The van der Waals surface area contributed by atoms with Gasteiger partial charge in [-0.25, -0.2) is 0 Å². The second kappa shape index (κ2) is 7.23. The number of H-pyrrole nitrogens is 1. The first kappa shape index (κ1) is 18.8. The second-order valence-electron chi connectivity index (χ2n) is 8.60. The van der Waals surface area contributed by atoms with Crippen LogP contribution in [0.15, 0.2) is 43.0 Å². The lowest BCUT2D eigenvalue weighted by atomic mass is 9.90. The number of nitrogens with one attached hydrogen (secondary N) is 2. The first-order valence-corrected chi connectivity index (χ1v) is 10.5. The minimum Gasteiger partial charge on any atom is -0.350 e. The molecule has 4 heterocycles. The number of aryl methyl sites for hydroxylation is 1. The molecule has 0 radical (unpaired) electrons. The van der Waals surface area contributed by atoms with Gasteiger partial charge in [-0.05, 0) is 61.3 Å². The molecule has 3 aromatic heterocycles. The largest absolute Gasteiger partial charge is 0.350 e. The molecule has 2 N–H and O–H groups in total. The van der Waals surface area contributed by atoms with Gasteiger partial charge in [-0.3, -0.25) is 19.6 Å². The summed E-state index contributed by atoms with van der Waals surface area (Å²) < 4.78 is 0. The third-order valence-corrected chi connectivity index (χ3v) is 6.85. The standard InChI is InChI=1S/C23H25N5O2/c1-15-2-6-25-14-18(15)22(30)28-8-4-23(5-9-28)11-17(23)13-26-21(29)20-10-16-12-24-7-3-19(16)27-20/h2-3,6-7,10,12,14,17,27H,4-5,8-9,11,13H2,1H3,(H,26,29). The molecule has 1 aliphatic carbocycles. The fraction of sp³-hybridized carbons (Fsp3) is 0.391. The number of carbonyl (C=O) groups excluding carboxylic acids is 2. The Morgan fingerprint density at radius 3 is 2.73 bits per heavy atom. The number of fused-ring (bicyclic) bond motifs is 1. The van der Waals surface area contributed by atoms with Crippen molar-refractivity contribution in [3.63, 3.8) is 0 Å². The first-order chi connectivity index (χ1) is 14.6. The molecular formula is C23H25N5O2. The van der Waals surface area contributed by atoms with Crippen LogP contribution in [0, 0.1) is 18.3 Å². The van der Waals surface area contributed by atoms with E-state index in [0.29, 0.717) is 23.7 Å². The molecule has 1 atom stereocenters. The fourth-order valence-corrected chi connectivity index (χ4v) is 4.75. The molecular weight excluding hydrogens is 378 g/mol. The van der Waals surface area contributed by atoms with Gasteiger partial charge in [-0.15, -0.1) is 0 Å². The Morgan fingerprint density at radius 2 is 1.97 bits per heavy atom. The monoisotopic (exact) mass is 403 g/mol. The molecule has 0 bridgehead atoms. The van der Waals surface area contributed by atoms with E-state index in [1.165, 1.54) is 0 Å². The Kier molecular flexibility index (Phi) is 4.53. The molecule has 30 heavy (non-hydrogen) atoms. The van der Waals surface area contributed by atoms with Gasteiger partial charge in [0.1, 0.15) is 5.69 Å². The van der Waals surface area contributed by atoms with Gasteiger partial charge < -0.3 is 15.2 Å². The maximum Gasteiger partial charge on any atom is 0.267 e. The smallest absolute Gasteiger partial charge is 0.267 e. The topological polar surface area (TPSA) is 91.0 Å². The summed E-state index contributed by atoms with van der Waals surface area (Å²) in [7, 11) is 0. The van der Waals surface area contributed by atoms with E-state index >= 15 is 0 Å². The third-order valence-electron chi connectivity index (χ3n) is 6.85. The van der Waals surface area contributed by atoms with Crippen molar-refractivity contribution in [2.45, 2.75) is 26.2 Å². The molecule has 1 saturated heterocycles. The van der Waals surface area contributed by atoms with E-state index in [4.69, 9.17) is 0 Å². The predicted molar refractivity (Wildman–Crippen MR) is 113 cm³/mol. The van der Waals surface area contributed by atoms with Gasteiger partial charge in [0.15, 0.2) is 0 Å². The summed E-state index contributed by atoms with van der Waals surface area (Å²) in [6, 6.07) is 5.58. The van der Waals surface area contributed by atoms with Crippen LogP contribution in [0.4, 0.5) is 0 Å². The number of amides is 2. The maximum absolute atomic E-state index is 12.8. The summed E-state index contributed by atoms with van der Waals surface area (Å²) in [5.41, 5.74) is 3.42. The van der Waals surface area contributed by atoms with Crippen molar-refractivity contribution in [2.24, 2.45) is 11.3 Å². The number of likely N-dealkylation sites (tertiary alicyclic amines) is 1. The third kappa shape index (κ3) is 3.34. The number of carbonyl (C=O) groups is 2. The van der Waals surface area contributed by atoms with Crippen LogP contribution < -0.4 is 5.32 Å². The molecule has 0 aromatic carbocycles. The van der Waals surface area contributed by atoms with Crippen LogP contribution in [-0.4, -0.2) is 51.3 Å². The molecule has 3 aromatic rings. The van der Waals surface area contributed by atoms with Crippen molar-refractivity contribution in [2.75, 3.05) is 19.6 Å². The van der Waals surface area contributed by atoms with Crippen molar-refractivity contribution in [3.8, 4) is 0 Å². The Morgan fingerprint density at radius 1 is 1.20 bits per heavy atom. The molecule has 2 amide bonds. The highest BCUT2D eigenvalue weighted by Crippen LogP contribution is 2.59. The van der Waals surface area contributed by atoms with Crippen LogP contribution in [0.25, 0.3) is 10.9 Å². The number of rotatable bonds is 4. The van der Waals surface area contributed by atoms with Crippen molar-refractivity contribution < 1.29 is 9.59 Å². The number of piperidine rings is 1.